The van der Waals surface area contributed by atoms with Gasteiger partial charge in [-0.2, -0.15) is 0 Å². The van der Waals surface area contributed by atoms with E-state index in [9.17, 15) is 13.2 Å². The molecule has 0 radical (unpaired) electrons. The van der Waals surface area contributed by atoms with Crippen LogP contribution in [0.5, 0.6) is 0 Å². The zero-order valence-electron chi connectivity index (χ0n) is 12.1. The van der Waals surface area contributed by atoms with E-state index < -0.39 is 10.0 Å². The van der Waals surface area contributed by atoms with Crippen molar-refractivity contribution >= 4 is 31.9 Å². The number of halogens is 1. The zero-order chi connectivity index (χ0) is 15.6. The van der Waals surface area contributed by atoms with Gasteiger partial charge in [-0.05, 0) is 43.5 Å². The number of carbonyl (C=O) groups is 1. The molecule has 5 nitrogen and oxygen atoms in total. The van der Waals surface area contributed by atoms with Gasteiger partial charge in [0.2, 0.25) is 10.0 Å². The summed E-state index contributed by atoms with van der Waals surface area (Å²) in [7, 11) is -3.20. The summed E-state index contributed by atoms with van der Waals surface area (Å²) in [6, 6.07) is 5.35. The Hall–Kier alpha value is -0.920. The number of nitrogens with zero attached hydrogens (tertiary/aromatic N) is 1. The SMILES string of the molecule is Cc1cc(Br)ccc1C(=O)NC1CCCN(S(C)(=O)=O)C1. The van der Waals surface area contributed by atoms with Crippen LogP contribution < -0.4 is 5.32 Å². The first-order valence-electron chi connectivity index (χ1n) is 6.79. The molecule has 1 aromatic carbocycles. The van der Waals surface area contributed by atoms with Crippen LogP contribution in [0.25, 0.3) is 0 Å². The summed E-state index contributed by atoms with van der Waals surface area (Å²) in [6.07, 6.45) is 2.76. The van der Waals surface area contributed by atoms with Crippen molar-refractivity contribution < 1.29 is 13.2 Å². The van der Waals surface area contributed by atoms with Crippen LogP contribution in [-0.2, 0) is 10.0 Å². The fourth-order valence-electron chi connectivity index (χ4n) is 2.51. The van der Waals surface area contributed by atoms with Crippen LogP contribution in [0.15, 0.2) is 22.7 Å². The molecule has 1 unspecified atom stereocenters. The average Bonchev–Trinajstić information content (AvgIpc) is 2.37. The van der Waals surface area contributed by atoms with E-state index in [-0.39, 0.29) is 11.9 Å². The monoisotopic (exact) mass is 374 g/mol. The van der Waals surface area contributed by atoms with Crippen LogP contribution in [0.2, 0.25) is 0 Å². The number of carbonyl (C=O) groups excluding carboxylic acids is 1. The van der Waals surface area contributed by atoms with Crippen LogP contribution >= 0.6 is 15.9 Å². The lowest BCUT2D eigenvalue weighted by molar-refractivity contribution is 0.0921. The van der Waals surface area contributed by atoms with Crippen molar-refractivity contribution in [2.45, 2.75) is 25.8 Å². The summed E-state index contributed by atoms with van der Waals surface area (Å²) < 4.78 is 25.5. The topological polar surface area (TPSA) is 66.5 Å². The molecule has 0 aliphatic carbocycles. The third kappa shape index (κ3) is 4.28. The average molecular weight is 375 g/mol. The van der Waals surface area contributed by atoms with E-state index in [0.29, 0.717) is 18.7 Å². The van der Waals surface area contributed by atoms with Gasteiger partial charge < -0.3 is 5.32 Å². The number of nitrogens with one attached hydrogen (secondary N) is 1. The van der Waals surface area contributed by atoms with Gasteiger partial charge >= 0.3 is 0 Å². The van der Waals surface area contributed by atoms with E-state index in [1.54, 1.807) is 6.07 Å². The number of rotatable bonds is 3. The second-order valence-electron chi connectivity index (χ2n) is 5.39. The standard InChI is InChI=1S/C14H19BrN2O3S/c1-10-8-11(15)5-6-13(10)14(18)16-12-4-3-7-17(9-12)21(2,19)20/h5-6,8,12H,3-4,7,9H2,1-2H3,(H,16,18). The van der Waals surface area contributed by atoms with Crippen LogP contribution in [0, 0.1) is 6.92 Å². The van der Waals surface area contributed by atoms with Crippen molar-refractivity contribution in [1.82, 2.24) is 9.62 Å². The van der Waals surface area contributed by atoms with Crippen LogP contribution in [0.1, 0.15) is 28.8 Å². The molecule has 1 fully saturated rings. The Morgan fingerprint density at radius 3 is 2.76 bits per heavy atom. The zero-order valence-corrected chi connectivity index (χ0v) is 14.5. The predicted molar refractivity (Wildman–Crippen MR) is 85.8 cm³/mol. The summed E-state index contributed by atoms with van der Waals surface area (Å²) in [5.74, 6) is -0.152. The maximum atomic E-state index is 12.3. The second-order valence-corrected chi connectivity index (χ2v) is 8.29. The van der Waals surface area contributed by atoms with E-state index in [1.807, 2.05) is 19.1 Å². The molecule has 1 aliphatic heterocycles. The van der Waals surface area contributed by atoms with Gasteiger partial charge in [0.25, 0.3) is 5.91 Å². The largest absolute Gasteiger partial charge is 0.348 e. The molecule has 21 heavy (non-hydrogen) atoms. The normalized spacial score (nSPS) is 20.2. The van der Waals surface area contributed by atoms with Crippen molar-refractivity contribution in [1.29, 1.82) is 0 Å². The first-order valence-corrected chi connectivity index (χ1v) is 9.43. The van der Waals surface area contributed by atoms with Crippen LogP contribution in [0.4, 0.5) is 0 Å². The first kappa shape index (κ1) is 16.5. The van der Waals surface area contributed by atoms with Gasteiger partial charge in [0.15, 0.2) is 0 Å². The molecule has 1 aliphatic rings. The molecule has 1 atom stereocenters. The minimum absolute atomic E-state index is 0.135. The lowest BCUT2D eigenvalue weighted by Gasteiger charge is -2.31. The van der Waals surface area contributed by atoms with E-state index in [0.717, 1.165) is 22.9 Å². The summed E-state index contributed by atoms with van der Waals surface area (Å²) in [5, 5.41) is 2.94. The van der Waals surface area contributed by atoms with Crippen LogP contribution in [0.3, 0.4) is 0 Å². The molecule has 0 spiro atoms. The highest BCUT2D eigenvalue weighted by Gasteiger charge is 2.27. The highest BCUT2D eigenvalue weighted by molar-refractivity contribution is 9.10. The number of benzene rings is 1. The van der Waals surface area contributed by atoms with Gasteiger partial charge in [-0.1, -0.05) is 15.9 Å². The van der Waals surface area contributed by atoms with Crippen molar-refractivity contribution in [2.75, 3.05) is 19.3 Å². The van der Waals surface area contributed by atoms with Crippen molar-refractivity contribution in [3.8, 4) is 0 Å². The molecular weight excluding hydrogens is 356 g/mol. The lowest BCUT2D eigenvalue weighted by Crippen LogP contribution is -2.49. The number of aryl methyl sites for hydroxylation is 1. The molecule has 1 amide bonds. The second kappa shape index (κ2) is 6.46. The number of hydrogen-bond donors (Lipinski definition) is 1. The minimum atomic E-state index is -3.20. The summed E-state index contributed by atoms with van der Waals surface area (Å²) in [5.41, 5.74) is 1.51. The summed E-state index contributed by atoms with van der Waals surface area (Å²) >= 11 is 3.37. The Labute approximate surface area is 133 Å². The number of sulfonamides is 1. The number of piperidine rings is 1. The number of hydrogen-bond acceptors (Lipinski definition) is 3. The molecule has 1 N–H and O–H groups in total. The summed E-state index contributed by atoms with van der Waals surface area (Å²) in [6.45, 7) is 2.76. The third-order valence-electron chi connectivity index (χ3n) is 3.62. The molecule has 1 saturated heterocycles. The quantitative estimate of drug-likeness (QED) is 0.878. The molecule has 2 rings (SSSR count). The molecule has 0 saturated carbocycles. The van der Waals surface area contributed by atoms with Crippen molar-refractivity contribution in [3.05, 3.63) is 33.8 Å². The van der Waals surface area contributed by atoms with E-state index >= 15 is 0 Å². The number of amides is 1. The Kier molecular flexibility index (Phi) is 5.06. The Bertz CT molecular complexity index is 646. The van der Waals surface area contributed by atoms with Gasteiger partial charge in [-0.25, -0.2) is 12.7 Å². The van der Waals surface area contributed by atoms with Gasteiger partial charge in [-0.15, -0.1) is 0 Å². The van der Waals surface area contributed by atoms with E-state index in [4.69, 9.17) is 0 Å². The van der Waals surface area contributed by atoms with Crippen LogP contribution in [-0.4, -0.2) is 44.0 Å². The van der Waals surface area contributed by atoms with Crippen molar-refractivity contribution in [2.24, 2.45) is 0 Å². The van der Waals surface area contributed by atoms with Gasteiger partial charge in [0, 0.05) is 29.2 Å². The van der Waals surface area contributed by atoms with Gasteiger partial charge in [0.1, 0.15) is 0 Å². The lowest BCUT2D eigenvalue weighted by atomic mass is 10.1. The first-order chi connectivity index (χ1) is 9.77. The molecular formula is C14H19BrN2O3S. The molecule has 0 aromatic heterocycles. The Morgan fingerprint density at radius 1 is 1.43 bits per heavy atom. The van der Waals surface area contributed by atoms with E-state index in [1.165, 1.54) is 10.6 Å². The summed E-state index contributed by atoms with van der Waals surface area (Å²) in [4.78, 5) is 12.3. The van der Waals surface area contributed by atoms with E-state index in [2.05, 4.69) is 21.2 Å². The molecule has 0 bridgehead atoms. The Morgan fingerprint density at radius 2 is 2.14 bits per heavy atom. The fourth-order valence-corrected chi connectivity index (χ4v) is 3.89. The highest BCUT2D eigenvalue weighted by Crippen LogP contribution is 2.17. The fraction of sp³-hybridized carbons (Fsp3) is 0.500. The predicted octanol–water partition coefficient (Wildman–Crippen LogP) is 1.91. The molecule has 1 heterocycles. The maximum absolute atomic E-state index is 12.3. The third-order valence-corrected chi connectivity index (χ3v) is 5.38. The van der Waals surface area contributed by atoms with Gasteiger partial charge in [-0.3, -0.25) is 4.79 Å². The molecule has 7 heteroatoms. The molecule has 116 valence electrons. The minimum Gasteiger partial charge on any atom is -0.348 e. The smallest absolute Gasteiger partial charge is 0.251 e. The van der Waals surface area contributed by atoms with Gasteiger partial charge in [0.05, 0.1) is 6.26 Å². The highest BCUT2D eigenvalue weighted by atomic mass is 79.9. The molecule has 1 aromatic rings. The maximum Gasteiger partial charge on any atom is 0.251 e. The Balaban J connectivity index is 2.05. The van der Waals surface area contributed by atoms with Crippen molar-refractivity contribution in [3.63, 3.8) is 0 Å².